The van der Waals surface area contributed by atoms with Crippen LogP contribution >= 0.6 is 0 Å². The molecule has 0 radical (unpaired) electrons. The lowest BCUT2D eigenvalue weighted by atomic mass is 9.93. The zero-order valence-corrected chi connectivity index (χ0v) is 10.8. The van der Waals surface area contributed by atoms with Crippen molar-refractivity contribution in [2.24, 2.45) is 5.73 Å². The van der Waals surface area contributed by atoms with Crippen LogP contribution in [-0.2, 0) is 9.53 Å². The molecule has 0 aliphatic heterocycles. The number of unbranched alkanes of at least 4 members (excludes halogenated alkanes) is 3. The van der Waals surface area contributed by atoms with Gasteiger partial charge in [0.1, 0.15) is 0 Å². The van der Waals surface area contributed by atoms with Crippen LogP contribution in [0, 0.1) is 0 Å². The predicted molar refractivity (Wildman–Crippen MR) is 66.2 cm³/mol. The smallest absolute Gasteiger partial charge is 0.237 e. The van der Waals surface area contributed by atoms with Gasteiger partial charge in [0.2, 0.25) is 5.91 Å². The second kappa shape index (κ2) is 8.53. The van der Waals surface area contributed by atoms with E-state index in [4.69, 9.17) is 10.5 Å². The van der Waals surface area contributed by atoms with Crippen LogP contribution in [0.5, 0.6) is 0 Å². The van der Waals surface area contributed by atoms with Gasteiger partial charge in [0.25, 0.3) is 0 Å². The average molecular weight is 230 g/mol. The van der Waals surface area contributed by atoms with Crippen LogP contribution in [0.4, 0.5) is 0 Å². The van der Waals surface area contributed by atoms with Crippen molar-refractivity contribution in [2.45, 2.75) is 51.5 Å². The van der Waals surface area contributed by atoms with Gasteiger partial charge in [-0.1, -0.05) is 32.6 Å². The lowest BCUT2D eigenvalue weighted by molar-refractivity contribution is -0.124. The Morgan fingerprint density at radius 1 is 1.38 bits per heavy atom. The Labute approximate surface area is 98.9 Å². The van der Waals surface area contributed by atoms with E-state index >= 15 is 0 Å². The van der Waals surface area contributed by atoms with Gasteiger partial charge < -0.3 is 15.8 Å². The summed E-state index contributed by atoms with van der Waals surface area (Å²) in [6.07, 6.45) is 5.40. The molecule has 0 aromatic heterocycles. The predicted octanol–water partition coefficient (Wildman–Crippen LogP) is 1.44. The lowest BCUT2D eigenvalue weighted by Gasteiger charge is -2.27. The molecule has 0 spiro atoms. The monoisotopic (exact) mass is 230 g/mol. The summed E-state index contributed by atoms with van der Waals surface area (Å²) >= 11 is 0. The molecular weight excluding hydrogens is 204 g/mol. The summed E-state index contributed by atoms with van der Waals surface area (Å²) in [7, 11) is 1.64. The molecule has 16 heavy (non-hydrogen) atoms. The fraction of sp³-hybridized carbons (Fsp3) is 0.917. The van der Waals surface area contributed by atoms with Crippen LogP contribution in [-0.4, -0.2) is 31.7 Å². The van der Waals surface area contributed by atoms with Gasteiger partial charge in [-0.05, 0) is 13.3 Å². The Morgan fingerprint density at radius 2 is 2.06 bits per heavy atom. The Balaban J connectivity index is 3.96. The number of carbonyl (C=O) groups excluding carboxylic acids is 1. The van der Waals surface area contributed by atoms with Gasteiger partial charge >= 0.3 is 0 Å². The first-order chi connectivity index (χ1) is 7.56. The maximum Gasteiger partial charge on any atom is 0.237 e. The van der Waals surface area contributed by atoms with Crippen molar-refractivity contribution in [3.8, 4) is 0 Å². The molecule has 3 N–H and O–H groups in total. The van der Waals surface area contributed by atoms with Crippen LogP contribution in [0.3, 0.4) is 0 Å². The van der Waals surface area contributed by atoms with Crippen molar-refractivity contribution in [2.75, 3.05) is 20.3 Å². The summed E-state index contributed by atoms with van der Waals surface area (Å²) in [5.74, 6) is -0.278. The minimum absolute atomic E-state index is 0.278. The highest BCUT2D eigenvalue weighted by Crippen LogP contribution is 2.14. The molecular formula is C12H26N2O2. The minimum Gasteiger partial charge on any atom is -0.383 e. The first-order valence-electron chi connectivity index (χ1n) is 6.10. The molecule has 0 saturated heterocycles. The number of ether oxygens (including phenoxy) is 1. The summed E-state index contributed by atoms with van der Waals surface area (Å²) in [5, 5.41) is 3.17. The molecule has 96 valence electrons. The second-order valence-corrected chi connectivity index (χ2v) is 4.43. The van der Waals surface area contributed by atoms with Crippen molar-refractivity contribution in [3.05, 3.63) is 0 Å². The molecule has 0 bridgehead atoms. The summed E-state index contributed by atoms with van der Waals surface area (Å²) < 4.78 is 4.95. The third kappa shape index (κ3) is 6.08. The molecule has 0 rings (SSSR count). The summed E-state index contributed by atoms with van der Waals surface area (Å²) in [6.45, 7) is 5.29. The van der Waals surface area contributed by atoms with Gasteiger partial charge in [0.15, 0.2) is 0 Å². The van der Waals surface area contributed by atoms with Crippen molar-refractivity contribution in [1.82, 2.24) is 5.32 Å². The average Bonchev–Trinajstić information content (AvgIpc) is 2.25. The van der Waals surface area contributed by atoms with E-state index in [0.29, 0.717) is 13.2 Å². The molecule has 0 aromatic carbocycles. The Morgan fingerprint density at radius 3 is 2.56 bits per heavy atom. The molecule has 1 atom stereocenters. The van der Waals surface area contributed by atoms with Gasteiger partial charge in [-0.2, -0.15) is 0 Å². The number of methoxy groups -OCH3 is 1. The summed E-state index contributed by atoms with van der Waals surface area (Å²) in [6, 6.07) is 0. The summed E-state index contributed by atoms with van der Waals surface area (Å²) in [4.78, 5) is 11.4. The topological polar surface area (TPSA) is 64.3 Å². The Kier molecular flexibility index (Phi) is 8.21. The number of rotatable bonds is 10. The maximum atomic E-state index is 11.4. The number of hydrogen-bond acceptors (Lipinski definition) is 3. The quantitative estimate of drug-likeness (QED) is 0.558. The van der Waals surface area contributed by atoms with E-state index in [2.05, 4.69) is 12.2 Å². The van der Waals surface area contributed by atoms with Crippen LogP contribution in [0.25, 0.3) is 0 Å². The largest absolute Gasteiger partial charge is 0.383 e. The second-order valence-electron chi connectivity index (χ2n) is 4.43. The van der Waals surface area contributed by atoms with Gasteiger partial charge in [-0.25, -0.2) is 0 Å². The van der Waals surface area contributed by atoms with E-state index in [1.807, 2.05) is 6.92 Å². The molecule has 0 aliphatic rings. The highest BCUT2D eigenvalue weighted by atomic mass is 16.5. The third-order valence-corrected chi connectivity index (χ3v) is 2.90. The third-order valence-electron chi connectivity index (χ3n) is 2.90. The van der Waals surface area contributed by atoms with Crippen LogP contribution in [0.2, 0.25) is 0 Å². The Hall–Kier alpha value is -0.610. The number of carbonyl (C=O) groups is 1. The van der Waals surface area contributed by atoms with Gasteiger partial charge in [0, 0.05) is 13.7 Å². The SMILES string of the molecule is CCCCCCC(C)(NCCOC)C(N)=O. The minimum atomic E-state index is -0.591. The number of nitrogens with one attached hydrogen (secondary N) is 1. The van der Waals surface area contributed by atoms with E-state index in [1.54, 1.807) is 7.11 Å². The van der Waals surface area contributed by atoms with Crippen molar-refractivity contribution >= 4 is 5.91 Å². The van der Waals surface area contributed by atoms with Gasteiger partial charge in [-0.3, -0.25) is 4.79 Å². The Bertz CT molecular complexity index is 197. The highest BCUT2D eigenvalue weighted by Gasteiger charge is 2.29. The van der Waals surface area contributed by atoms with Gasteiger partial charge in [-0.15, -0.1) is 0 Å². The van der Waals surface area contributed by atoms with Gasteiger partial charge in [0.05, 0.1) is 12.1 Å². The first-order valence-corrected chi connectivity index (χ1v) is 6.10. The van der Waals surface area contributed by atoms with E-state index in [1.165, 1.54) is 12.8 Å². The van der Waals surface area contributed by atoms with E-state index in [9.17, 15) is 4.79 Å². The van der Waals surface area contributed by atoms with Crippen molar-refractivity contribution in [1.29, 1.82) is 0 Å². The molecule has 4 nitrogen and oxygen atoms in total. The highest BCUT2D eigenvalue weighted by molar-refractivity contribution is 5.84. The molecule has 4 heteroatoms. The summed E-state index contributed by atoms with van der Waals surface area (Å²) in [5.41, 5.74) is 4.83. The maximum absolute atomic E-state index is 11.4. The number of primary amides is 1. The fourth-order valence-electron chi connectivity index (χ4n) is 1.63. The molecule has 0 heterocycles. The molecule has 0 aromatic rings. The number of hydrogen-bond donors (Lipinski definition) is 2. The van der Waals surface area contributed by atoms with Crippen LogP contribution in [0.1, 0.15) is 46.0 Å². The molecule has 1 amide bonds. The van der Waals surface area contributed by atoms with Crippen molar-refractivity contribution < 1.29 is 9.53 Å². The molecule has 0 fully saturated rings. The zero-order chi connectivity index (χ0) is 12.4. The van der Waals surface area contributed by atoms with Crippen LogP contribution in [0.15, 0.2) is 0 Å². The van der Waals surface area contributed by atoms with E-state index in [0.717, 1.165) is 19.3 Å². The lowest BCUT2D eigenvalue weighted by Crippen LogP contribution is -2.53. The molecule has 1 unspecified atom stereocenters. The number of nitrogens with two attached hydrogens (primary N) is 1. The number of amides is 1. The zero-order valence-electron chi connectivity index (χ0n) is 10.8. The standard InChI is InChI=1S/C12H26N2O2/c1-4-5-6-7-8-12(2,11(13)15)14-9-10-16-3/h14H,4-10H2,1-3H3,(H2,13,15). The van der Waals surface area contributed by atoms with Crippen molar-refractivity contribution in [3.63, 3.8) is 0 Å². The fourth-order valence-corrected chi connectivity index (χ4v) is 1.63. The normalized spacial score (nSPS) is 14.7. The molecule has 0 aliphatic carbocycles. The molecule has 0 saturated carbocycles. The first kappa shape index (κ1) is 15.4. The van der Waals surface area contributed by atoms with Crippen LogP contribution < -0.4 is 11.1 Å². The van der Waals surface area contributed by atoms with E-state index < -0.39 is 5.54 Å². The van der Waals surface area contributed by atoms with E-state index in [-0.39, 0.29) is 5.91 Å².